The zero-order valence-corrected chi connectivity index (χ0v) is 12.0. The Morgan fingerprint density at radius 1 is 1.32 bits per heavy atom. The first-order chi connectivity index (χ1) is 9.06. The van der Waals surface area contributed by atoms with Crippen molar-refractivity contribution in [3.63, 3.8) is 0 Å². The van der Waals surface area contributed by atoms with Gasteiger partial charge in [-0.3, -0.25) is 4.90 Å². The van der Waals surface area contributed by atoms with E-state index in [1.807, 2.05) is 36.1 Å². The first kappa shape index (κ1) is 13.7. The van der Waals surface area contributed by atoms with Gasteiger partial charge in [-0.2, -0.15) is 0 Å². The average molecular weight is 274 g/mol. The third-order valence-corrected chi connectivity index (χ3v) is 3.26. The summed E-state index contributed by atoms with van der Waals surface area (Å²) in [6.45, 7) is 1.69. The second-order valence-electron chi connectivity index (χ2n) is 4.69. The van der Waals surface area contributed by atoms with Crippen LogP contribution in [0.2, 0.25) is 0 Å². The lowest BCUT2D eigenvalue weighted by Crippen LogP contribution is -2.19. The minimum absolute atomic E-state index is 0.438. The largest absolute Gasteiger partial charge is 0.389 e. The van der Waals surface area contributed by atoms with Crippen LogP contribution in [0.15, 0.2) is 36.7 Å². The molecule has 2 rings (SSSR count). The number of rotatable bonds is 5. The molecule has 0 saturated carbocycles. The normalized spacial score (nSPS) is 10.9. The van der Waals surface area contributed by atoms with Crippen LogP contribution >= 0.6 is 12.2 Å². The molecule has 0 aliphatic rings. The number of thiocarbonyl (C=S) groups is 1. The van der Waals surface area contributed by atoms with Crippen LogP contribution in [0.5, 0.6) is 0 Å². The topological polar surface area (TPSA) is 47.1 Å². The molecule has 0 bridgehead atoms. The van der Waals surface area contributed by atoms with E-state index in [0.717, 1.165) is 24.5 Å². The molecule has 5 heteroatoms. The third-order valence-electron chi connectivity index (χ3n) is 3.02. The van der Waals surface area contributed by atoms with Gasteiger partial charge in [-0.1, -0.05) is 36.5 Å². The van der Waals surface area contributed by atoms with Crippen LogP contribution in [0.3, 0.4) is 0 Å². The zero-order chi connectivity index (χ0) is 13.8. The molecule has 100 valence electrons. The summed E-state index contributed by atoms with van der Waals surface area (Å²) in [5, 5.41) is 0. The quantitative estimate of drug-likeness (QED) is 0.843. The number of nitrogens with zero attached hydrogens (tertiary/aromatic N) is 3. The summed E-state index contributed by atoms with van der Waals surface area (Å²) in [6.07, 6.45) is 3.78. The molecule has 0 spiro atoms. The van der Waals surface area contributed by atoms with Gasteiger partial charge >= 0.3 is 0 Å². The van der Waals surface area contributed by atoms with Crippen molar-refractivity contribution in [3.05, 3.63) is 53.6 Å². The fourth-order valence-electron chi connectivity index (χ4n) is 1.93. The number of hydrogen-bond donors (Lipinski definition) is 1. The monoisotopic (exact) mass is 274 g/mol. The van der Waals surface area contributed by atoms with Crippen LogP contribution < -0.4 is 5.73 Å². The van der Waals surface area contributed by atoms with Gasteiger partial charge in [0.15, 0.2) is 0 Å². The van der Waals surface area contributed by atoms with E-state index in [1.54, 1.807) is 0 Å². The van der Waals surface area contributed by atoms with Crippen LogP contribution in [0.25, 0.3) is 0 Å². The molecule has 1 aromatic carbocycles. The van der Waals surface area contributed by atoms with Crippen LogP contribution in [0, 0.1) is 0 Å². The van der Waals surface area contributed by atoms with Crippen LogP contribution in [0.1, 0.15) is 17.0 Å². The Kier molecular flexibility index (Phi) is 4.29. The van der Waals surface area contributed by atoms with Gasteiger partial charge in [-0.05, 0) is 12.6 Å². The van der Waals surface area contributed by atoms with Crippen molar-refractivity contribution in [2.45, 2.75) is 13.1 Å². The molecule has 0 fully saturated rings. The Balaban J connectivity index is 1.97. The van der Waals surface area contributed by atoms with E-state index in [0.29, 0.717) is 4.99 Å². The Labute approximate surface area is 118 Å². The molecule has 19 heavy (non-hydrogen) atoms. The Bertz CT molecular complexity index is 559. The number of benzene rings is 1. The highest BCUT2D eigenvalue weighted by Crippen LogP contribution is 2.08. The number of aromatic nitrogens is 2. The van der Waals surface area contributed by atoms with E-state index in [-0.39, 0.29) is 0 Å². The Morgan fingerprint density at radius 3 is 2.53 bits per heavy atom. The highest BCUT2D eigenvalue weighted by atomic mass is 32.1. The minimum Gasteiger partial charge on any atom is -0.389 e. The van der Waals surface area contributed by atoms with Crippen LogP contribution in [-0.4, -0.2) is 26.5 Å². The van der Waals surface area contributed by atoms with Crippen molar-refractivity contribution in [3.8, 4) is 0 Å². The number of nitrogens with two attached hydrogens (primary N) is 1. The van der Waals surface area contributed by atoms with Gasteiger partial charge in [0, 0.05) is 31.5 Å². The van der Waals surface area contributed by atoms with Crippen molar-refractivity contribution in [1.29, 1.82) is 0 Å². The maximum Gasteiger partial charge on any atom is 0.122 e. The molecule has 2 aromatic rings. The molecule has 0 saturated heterocycles. The highest BCUT2D eigenvalue weighted by Gasteiger charge is 2.05. The van der Waals surface area contributed by atoms with Gasteiger partial charge in [0.25, 0.3) is 0 Å². The summed E-state index contributed by atoms with van der Waals surface area (Å²) < 4.78 is 2.03. The van der Waals surface area contributed by atoms with Gasteiger partial charge in [-0.15, -0.1) is 0 Å². The average Bonchev–Trinajstić information content (AvgIpc) is 2.75. The fourth-order valence-corrected chi connectivity index (χ4v) is 2.07. The molecule has 2 N–H and O–H groups in total. The molecule has 0 aliphatic carbocycles. The first-order valence-corrected chi connectivity index (χ1v) is 6.50. The van der Waals surface area contributed by atoms with E-state index >= 15 is 0 Å². The van der Waals surface area contributed by atoms with Gasteiger partial charge in [0.1, 0.15) is 10.8 Å². The molecule has 0 atom stereocenters. The smallest absolute Gasteiger partial charge is 0.122 e. The lowest BCUT2D eigenvalue weighted by atomic mass is 10.1. The van der Waals surface area contributed by atoms with E-state index in [4.69, 9.17) is 18.0 Å². The first-order valence-electron chi connectivity index (χ1n) is 6.10. The lowest BCUT2D eigenvalue weighted by molar-refractivity contribution is 0.307. The predicted molar refractivity (Wildman–Crippen MR) is 80.7 cm³/mol. The number of aryl methyl sites for hydroxylation is 1. The van der Waals surface area contributed by atoms with E-state index < -0.39 is 0 Å². The van der Waals surface area contributed by atoms with E-state index in [1.165, 1.54) is 5.56 Å². The molecule has 4 nitrogen and oxygen atoms in total. The van der Waals surface area contributed by atoms with Crippen molar-refractivity contribution >= 4 is 17.2 Å². The predicted octanol–water partition coefficient (Wildman–Crippen LogP) is 1.69. The second kappa shape index (κ2) is 5.95. The maximum atomic E-state index is 5.58. The molecule has 1 aromatic heterocycles. The summed E-state index contributed by atoms with van der Waals surface area (Å²) >= 11 is 4.94. The molecule has 0 amide bonds. The van der Waals surface area contributed by atoms with Gasteiger partial charge in [0.2, 0.25) is 0 Å². The Hall–Kier alpha value is -1.72. The number of imidazole rings is 1. The molecule has 1 heterocycles. The summed E-state index contributed by atoms with van der Waals surface area (Å²) in [7, 11) is 4.09. The maximum absolute atomic E-state index is 5.58. The summed E-state index contributed by atoms with van der Waals surface area (Å²) in [5.74, 6) is 1.06. The van der Waals surface area contributed by atoms with Crippen molar-refractivity contribution in [2.24, 2.45) is 12.8 Å². The third kappa shape index (κ3) is 3.62. The molecular formula is C14H18N4S. The van der Waals surface area contributed by atoms with E-state index in [9.17, 15) is 0 Å². The van der Waals surface area contributed by atoms with Gasteiger partial charge in [0.05, 0.1) is 6.54 Å². The summed E-state index contributed by atoms with van der Waals surface area (Å²) in [4.78, 5) is 6.98. The summed E-state index contributed by atoms with van der Waals surface area (Å²) in [6, 6.07) is 8.05. The summed E-state index contributed by atoms with van der Waals surface area (Å²) in [5.41, 5.74) is 7.72. The second-order valence-corrected chi connectivity index (χ2v) is 5.13. The molecular weight excluding hydrogens is 256 g/mol. The van der Waals surface area contributed by atoms with Crippen LogP contribution in [0.4, 0.5) is 0 Å². The molecule has 0 unspecified atom stereocenters. The van der Waals surface area contributed by atoms with Gasteiger partial charge < -0.3 is 10.3 Å². The SMILES string of the molecule is CN(Cc1ccc(C(N)=S)cc1)Cc1nccn1C. The van der Waals surface area contributed by atoms with Crippen molar-refractivity contribution in [1.82, 2.24) is 14.5 Å². The Morgan fingerprint density at radius 2 is 2.00 bits per heavy atom. The zero-order valence-electron chi connectivity index (χ0n) is 11.2. The standard InChI is InChI=1S/C14H18N4S/c1-17(10-13-16-7-8-18(13)2)9-11-3-5-12(6-4-11)14(15)19/h3-8H,9-10H2,1-2H3,(H2,15,19). The lowest BCUT2D eigenvalue weighted by Gasteiger charge is -2.16. The van der Waals surface area contributed by atoms with Crippen molar-refractivity contribution < 1.29 is 0 Å². The van der Waals surface area contributed by atoms with Crippen molar-refractivity contribution in [2.75, 3.05) is 7.05 Å². The van der Waals surface area contributed by atoms with Gasteiger partial charge in [-0.25, -0.2) is 4.98 Å². The van der Waals surface area contributed by atoms with E-state index in [2.05, 4.69) is 29.1 Å². The molecule has 0 aliphatic heterocycles. The van der Waals surface area contributed by atoms with Crippen LogP contribution in [-0.2, 0) is 20.1 Å². The molecule has 0 radical (unpaired) electrons. The minimum atomic E-state index is 0.438. The highest BCUT2D eigenvalue weighted by molar-refractivity contribution is 7.80. The number of hydrogen-bond acceptors (Lipinski definition) is 3. The fraction of sp³-hybridized carbons (Fsp3) is 0.286.